The fraction of sp³-hybridized carbons (Fsp3) is 0.857. The van der Waals surface area contributed by atoms with Gasteiger partial charge in [0.15, 0.2) is 0 Å². The van der Waals surface area contributed by atoms with Gasteiger partial charge >= 0.3 is 5.97 Å². The van der Waals surface area contributed by atoms with Crippen LogP contribution < -0.4 is 0 Å². The van der Waals surface area contributed by atoms with E-state index in [1.54, 1.807) is 0 Å². The predicted molar refractivity (Wildman–Crippen MR) is 45.6 cm³/mol. The average Bonchev–Trinajstić information content (AvgIpc) is 1.93. The summed E-state index contributed by atoms with van der Waals surface area (Å²) in [4.78, 5) is 10.3. The molecule has 0 aromatic carbocycles. The number of carboxylic acid groups (broad SMARTS) is 1. The van der Waals surface area contributed by atoms with Crippen molar-refractivity contribution >= 4 is 15.7 Å². The van der Waals surface area contributed by atoms with E-state index >= 15 is 0 Å². The average molecular weight is 191 g/mol. The van der Waals surface area contributed by atoms with E-state index in [0.717, 1.165) is 0 Å². The van der Waals surface area contributed by atoms with E-state index in [4.69, 9.17) is 9.89 Å². The minimum absolute atomic E-state index is 0.141. The number of hydrogen-bond donors (Lipinski definition) is 2. The van der Waals surface area contributed by atoms with Crippen LogP contribution in [0.1, 0.15) is 19.3 Å². The Kier molecular flexibility index (Phi) is 2.72. The van der Waals surface area contributed by atoms with Gasteiger partial charge in [0.2, 0.25) is 0 Å². The molecule has 1 aliphatic rings. The summed E-state index contributed by atoms with van der Waals surface area (Å²) in [5.74, 6) is 0.108. The zero-order valence-corrected chi connectivity index (χ0v) is 7.60. The molecule has 1 heterocycles. The lowest BCUT2D eigenvalue weighted by Crippen LogP contribution is -2.23. The third kappa shape index (κ3) is 2.81. The molecule has 1 saturated heterocycles. The highest BCUT2D eigenvalue weighted by Gasteiger charge is 2.22. The number of hydrogen-bond acceptors (Lipinski definition) is 3. The zero-order chi connectivity index (χ0) is 9.19. The van der Waals surface area contributed by atoms with Crippen molar-refractivity contribution < 1.29 is 14.1 Å². The van der Waals surface area contributed by atoms with Crippen LogP contribution >= 0.6 is 0 Å². The van der Waals surface area contributed by atoms with Crippen LogP contribution in [0.15, 0.2) is 0 Å². The smallest absolute Gasteiger partial charge is 0.303 e. The van der Waals surface area contributed by atoms with Crippen LogP contribution in [0.3, 0.4) is 0 Å². The molecule has 0 aliphatic carbocycles. The van der Waals surface area contributed by atoms with E-state index in [1.165, 1.54) is 0 Å². The number of rotatable bonds is 2. The number of aliphatic carboxylic acids is 1. The third-order valence-corrected chi connectivity index (χ3v) is 3.97. The molecule has 1 rings (SSSR count). The lowest BCUT2D eigenvalue weighted by Gasteiger charge is -2.21. The van der Waals surface area contributed by atoms with E-state index < -0.39 is 15.7 Å². The van der Waals surface area contributed by atoms with Crippen molar-refractivity contribution in [2.75, 3.05) is 11.5 Å². The first-order valence-corrected chi connectivity index (χ1v) is 5.85. The zero-order valence-electron chi connectivity index (χ0n) is 6.78. The van der Waals surface area contributed by atoms with Gasteiger partial charge in [0.25, 0.3) is 0 Å². The molecular formula is C7H13NO3S. The van der Waals surface area contributed by atoms with E-state index in [-0.39, 0.29) is 12.3 Å². The lowest BCUT2D eigenvalue weighted by atomic mass is 9.99. The first-order chi connectivity index (χ1) is 5.49. The lowest BCUT2D eigenvalue weighted by molar-refractivity contribution is -0.138. The highest BCUT2D eigenvalue weighted by atomic mass is 32.2. The maximum Gasteiger partial charge on any atom is 0.303 e. The van der Waals surface area contributed by atoms with Gasteiger partial charge < -0.3 is 5.11 Å². The summed E-state index contributed by atoms with van der Waals surface area (Å²) in [7, 11) is -2.34. The van der Waals surface area contributed by atoms with Crippen LogP contribution in [-0.4, -0.2) is 26.8 Å². The van der Waals surface area contributed by atoms with Crippen molar-refractivity contribution in [3.8, 4) is 0 Å². The highest BCUT2D eigenvalue weighted by molar-refractivity contribution is 7.92. The van der Waals surface area contributed by atoms with Crippen molar-refractivity contribution in [3.05, 3.63) is 0 Å². The van der Waals surface area contributed by atoms with Crippen molar-refractivity contribution in [2.24, 2.45) is 5.92 Å². The van der Waals surface area contributed by atoms with Crippen molar-refractivity contribution in [3.63, 3.8) is 0 Å². The Morgan fingerprint density at radius 3 is 2.42 bits per heavy atom. The Labute approximate surface area is 71.9 Å². The molecule has 1 fully saturated rings. The standard InChI is InChI=1S/C7H13NO3S/c8-12(11)3-1-6(2-4-12)5-7(9)10/h6,8H,1-5H2,(H,9,10). The Bertz CT molecular complexity index is 256. The molecule has 2 N–H and O–H groups in total. The molecule has 0 amide bonds. The fourth-order valence-electron chi connectivity index (χ4n) is 1.41. The first-order valence-electron chi connectivity index (χ1n) is 3.95. The summed E-state index contributed by atoms with van der Waals surface area (Å²) in [6, 6.07) is 0. The third-order valence-electron chi connectivity index (χ3n) is 2.17. The van der Waals surface area contributed by atoms with Crippen LogP contribution in [-0.2, 0) is 14.5 Å². The Morgan fingerprint density at radius 2 is 2.00 bits per heavy atom. The SMILES string of the molecule is N=S1(=O)CCC(CC(=O)O)CC1. The summed E-state index contributed by atoms with van der Waals surface area (Å²) in [6.45, 7) is 0. The quantitative estimate of drug-likeness (QED) is 0.681. The largest absolute Gasteiger partial charge is 0.481 e. The summed E-state index contributed by atoms with van der Waals surface area (Å²) in [5, 5.41) is 8.48. The normalized spacial score (nSPS) is 36.2. The minimum atomic E-state index is -2.34. The van der Waals surface area contributed by atoms with Crippen LogP contribution in [0.5, 0.6) is 0 Å². The summed E-state index contributed by atoms with van der Waals surface area (Å²) < 4.78 is 18.4. The molecule has 0 aromatic heterocycles. The molecule has 70 valence electrons. The van der Waals surface area contributed by atoms with Crippen molar-refractivity contribution in [1.82, 2.24) is 0 Å². The molecule has 0 bridgehead atoms. The summed E-state index contributed by atoms with van der Waals surface area (Å²) >= 11 is 0. The van der Waals surface area contributed by atoms with Gasteiger partial charge in [0.05, 0.1) is 0 Å². The molecule has 1 aliphatic heterocycles. The molecule has 0 aromatic rings. The van der Waals surface area contributed by atoms with Gasteiger partial charge in [-0.15, -0.1) is 0 Å². The Hall–Kier alpha value is -0.580. The van der Waals surface area contributed by atoms with Gasteiger partial charge in [-0.3, -0.25) is 9.57 Å². The van der Waals surface area contributed by atoms with Gasteiger partial charge in [-0.1, -0.05) is 0 Å². The minimum Gasteiger partial charge on any atom is -0.481 e. The maximum atomic E-state index is 11.2. The van der Waals surface area contributed by atoms with Gasteiger partial charge in [0, 0.05) is 27.7 Å². The van der Waals surface area contributed by atoms with Gasteiger partial charge in [0.1, 0.15) is 0 Å². The molecule has 0 saturated carbocycles. The van der Waals surface area contributed by atoms with E-state index in [1.807, 2.05) is 0 Å². The van der Waals surface area contributed by atoms with Crippen LogP contribution in [0.4, 0.5) is 0 Å². The maximum absolute atomic E-state index is 11.2. The van der Waals surface area contributed by atoms with E-state index in [2.05, 4.69) is 0 Å². The molecule has 0 radical (unpaired) electrons. The highest BCUT2D eigenvalue weighted by Crippen LogP contribution is 2.21. The van der Waals surface area contributed by atoms with Gasteiger partial charge in [-0.05, 0) is 18.8 Å². The van der Waals surface area contributed by atoms with Crippen molar-refractivity contribution in [1.29, 1.82) is 4.78 Å². The second kappa shape index (κ2) is 3.43. The van der Waals surface area contributed by atoms with Gasteiger partial charge in [-0.2, -0.15) is 0 Å². The Balaban J connectivity index is 2.41. The molecule has 5 heteroatoms. The van der Waals surface area contributed by atoms with Crippen LogP contribution in [0.2, 0.25) is 0 Å². The van der Waals surface area contributed by atoms with E-state index in [0.29, 0.717) is 24.3 Å². The molecule has 4 nitrogen and oxygen atoms in total. The van der Waals surface area contributed by atoms with Crippen LogP contribution in [0.25, 0.3) is 0 Å². The molecular weight excluding hydrogens is 178 g/mol. The molecule has 0 unspecified atom stereocenters. The second-order valence-electron chi connectivity index (χ2n) is 3.26. The monoisotopic (exact) mass is 191 g/mol. The summed E-state index contributed by atoms with van der Waals surface area (Å²) in [6.07, 6.45) is 1.43. The molecule has 0 spiro atoms. The predicted octanol–water partition coefficient (Wildman–Crippen LogP) is 0.918. The number of carbonyl (C=O) groups is 1. The molecule has 12 heavy (non-hydrogen) atoms. The number of nitrogens with one attached hydrogen (secondary N) is 1. The first kappa shape index (κ1) is 9.51. The number of carboxylic acids is 1. The Morgan fingerprint density at radius 1 is 1.50 bits per heavy atom. The van der Waals surface area contributed by atoms with Crippen molar-refractivity contribution in [2.45, 2.75) is 19.3 Å². The van der Waals surface area contributed by atoms with Crippen LogP contribution in [0, 0.1) is 10.7 Å². The molecule has 0 atom stereocenters. The van der Waals surface area contributed by atoms with Gasteiger partial charge in [-0.25, -0.2) is 4.21 Å². The fourth-order valence-corrected chi connectivity index (χ4v) is 3.04. The topological polar surface area (TPSA) is 78.2 Å². The second-order valence-corrected chi connectivity index (χ2v) is 5.70. The van der Waals surface area contributed by atoms with E-state index in [9.17, 15) is 9.00 Å². The summed E-state index contributed by atoms with van der Waals surface area (Å²) in [5.41, 5.74) is 0.